The number of anilines is 1. The number of nitro benzene ring substituents is 1. The topological polar surface area (TPSA) is 85.1 Å². The van der Waals surface area contributed by atoms with E-state index in [1.165, 1.54) is 18.5 Å². The lowest BCUT2D eigenvalue weighted by atomic mass is 10.2. The molecule has 1 N–H and O–H groups in total. The van der Waals surface area contributed by atoms with Crippen molar-refractivity contribution in [1.29, 1.82) is 0 Å². The van der Waals surface area contributed by atoms with E-state index in [1.807, 2.05) is 0 Å². The van der Waals surface area contributed by atoms with Crippen LogP contribution in [0, 0.1) is 15.9 Å². The molecule has 2 rings (SSSR count). The smallest absolute Gasteiger partial charge is 0.272 e. The van der Waals surface area contributed by atoms with Crippen LogP contribution >= 0.6 is 15.9 Å². The monoisotopic (exact) mass is 339 g/mol. The van der Waals surface area contributed by atoms with E-state index < -0.39 is 16.6 Å². The zero-order chi connectivity index (χ0) is 14.7. The molecule has 0 aliphatic carbocycles. The minimum absolute atomic E-state index is 0.138. The first-order chi connectivity index (χ1) is 9.47. The molecular formula is C12H7BrFN3O3. The lowest BCUT2D eigenvalue weighted by molar-refractivity contribution is -0.385. The molecule has 8 heteroatoms. The summed E-state index contributed by atoms with van der Waals surface area (Å²) in [4.78, 5) is 25.4. The first-order valence-corrected chi connectivity index (χ1v) is 6.12. The van der Waals surface area contributed by atoms with Gasteiger partial charge in [-0.1, -0.05) is 0 Å². The van der Waals surface area contributed by atoms with Gasteiger partial charge in [-0.3, -0.25) is 19.9 Å². The molecule has 0 spiro atoms. The Kier molecular flexibility index (Phi) is 4.04. The van der Waals surface area contributed by atoms with E-state index in [1.54, 1.807) is 0 Å². The summed E-state index contributed by atoms with van der Waals surface area (Å²) >= 11 is 3.16. The fraction of sp³-hybridized carbons (Fsp3) is 0. The summed E-state index contributed by atoms with van der Waals surface area (Å²) in [6, 6.07) is 4.51. The molecule has 2 aromatic rings. The van der Waals surface area contributed by atoms with Crippen molar-refractivity contribution in [2.75, 3.05) is 5.32 Å². The number of carbonyl (C=O) groups excluding carboxylic acids is 1. The first-order valence-electron chi connectivity index (χ1n) is 5.33. The Balaban J connectivity index is 2.22. The summed E-state index contributed by atoms with van der Waals surface area (Å²) in [5.41, 5.74) is -0.290. The van der Waals surface area contributed by atoms with Gasteiger partial charge in [-0.15, -0.1) is 0 Å². The van der Waals surface area contributed by atoms with Gasteiger partial charge in [0.2, 0.25) is 0 Å². The molecule has 0 aliphatic rings. The van der Waals surface area contributed by atoms with Crippen molar-refractivity contribution in [2.45, 2.75) is 0 Å². The molecule has 0 radical (unpaired) electrons. The van der Waals surface area contributed by atoms with Crippen molar-refractivity contribution in [3.05, 3.63) is 62.6 Å². The van der Waals surface area contributed by atoms with Crippen LogP contribution in [0.4, 0.5) is 15.8 Å². The SMILES string of the molecule is O=C(Nc1ccc([N+](=O)[O-])cc1F)c1cncc(Br)c1. The van der Waals surface area contributed by atoms with E-state index >= 15 is 0 Å². The van der Waals surface area contributed by atoms with E-state index in [2.05, 4.69) is 26.2 Å². The predicted molar refractivity (Wildman–Crippen MR) is 72.9 cm³/mol. The van der Waals surface area contributed by atoms with Crippen molar-refractivity contribution >= 4 is 33.2 Å². The van der Waals surface area contributed by atoms with Gasteiger partial charge in [-0.25, -0.2) is 4.39 Å². The van der Waals surface area contributed by atoms with Crippen LogP contribution in [-0.4, -0.2) is 15.8 Å². The molecular weight excluding hydrogens is 333 g/mol. The van der Waals surface area contributed by atoms with Gasteiger partial charge in [0.25, 0.3) is 11.6 Å². The van der Waals surface area contributed by atoms with Crippen LogP contribution < -0.4 is 5.32 Å². The molecule has 0 saturated carbocycles. The van der Waals surface area contributed by atoms with Gasteiger partial charge in [0.15, 0.2) is 5.82 Å². The van der Waals surface area contributed by atoms with Crippen LogP contribution in [-0.2, 0) is 0 Å². The van der Waals surface area contributed by atoms with Crippen LogP contribution in [0.2, 0.25) is 0 Å². The van der Waals surface area contributed by atoms with E-state index in [0.717, 1.165) is 18.2 Å². The van der Waals surface area contributed by atoms with Crippen LogP contribution in [0.15, 0.2) is 41.1 Å². The number of benzene rings is 1. The van der Waals surface area contributed by atoms with Gasteiger partial charge >= 0.3 is 0 Å². The number of halogens is 2. The Hall–Kier alpha value is -2.35. The molecule has 0 bridgehead atoms. The normalized spacial score (nSPS) is 10.1. The maximum atomic E-state index is 13.6. The Labute approximate surface area is 120 Å². The molecule has 0 aliphatic heterocycles. The highest BCUT2D eigenvalue weighted by Gasteiger charge is 2.14. The zero-order valence-corrected chi connectivity index (χ0v) is 11.4. The Morgan fingerprint density at radius 1 is 1.35 bits per heavy atom. The molecule has 6 nitrogen and oxygen atoms in total. The number of non-ortho nitro benzene ring substituents is 1. The molecule has 1 aromatic carbocycles. The molecule has 1 aromatic heterocycles. The summed E-state index contributed by atoms with van der Waals surface area (Å²) in [5, 5.41) is 12.8. The van der Waals surface area contributed by atoms with Crippen LogP contribution in [0.1, 0.15) is 10.4 Å². The Morgan fingerprint density at radius 3 is 2.70 bits per heavy atom. The first kappa shape index (κ1) is 14.1. The van der Waals surface area contributed by atoms with Crippen LogP contribution in [0.3, 0.4) is 0 Å². The summed E-state index contributed by atoms with van der Waals surface area (Å²) < 4.78 is 14.2. The summed E-state index contributed by atoms with van der Waals surface area (Å²) in [7, 11) is 0. The minimum Gasteiger partial charge on any atom is -0.319 e. The number of nitro groups is 1. The summed E-state index contributed by atoms with van der Waals surface area (Å²) in [5.74, 6) is -1.44. The lowest BCUT2D eigenvalue weighted by Gasteiger charge is -2.06. The number of hydrogen-bond donors (Lipinski definition) is 1. The van der Waals surface area contributed by atoms with Crippen molar-refractivity contribution in [1.82, 2.24) is 4.98 Å². The Morgan fingerprint density at radius 2 is 2.10 bits per heavy atom. The largest absolute Gasteiger partial charge is 0.319 e. The molecule has 102 valence electrons. The van der Waals surface area contributed by atoms with Crippen molar-refractivity contribution < 1.29 is 14.1 Å². The van der Waals surface area contributed by atoms with E-state index in [9.17, 15) is 19.3 Å². The fourth-order valence-electron chi connectivity index (χ4n) is 1.45. The van der Waals surface area contributed by atoms with Crippen LogP contribution in [0.5, 0.6) is 0 Å². The number of nitrogens with one attached hydrogen (secondary N) is 1. The van der Waals surface area contributed by atoms with Gasteiger partial charge in [0.1, 0.15) is 0 Å². The van der Waals surface area contributed by atoms with Gasteiger partial charge in [-0.05, 0) is 28.1 Å². The van der Waals surface area contributed by atoms with Crippen molar-refractivity contribution in [3.63, 3.8) is 0 Å². The third kappa shape index (κ3) is 3.15. The van der Waals surface area contributed by atoms with Gasteiger partial charge in [-0.2, -0.15) is 0 Å². The molecule has 0 fully saturated rings. The highest BCUT2D eigenvalue weighted by molar-refractivity contribution is 9.10. The average Bonchev–Trinajstić information content (AvgIpc) is 2.40. The molecule has 20 heavy (non-hydrogen) atoms. The average molecular weight is 340 g/mol. The second-order valence-electron chi connectivity index (χ2n) is 3.77. The quantitative estimate of drug-likeness (QED) is 0.687. The second-order valence-corrected chi connectivity index (χ2v) is 4.68. The minimum atomic E-state index is -0.879. The molecule has 0 saturated heterocycles. The number of carbonyl (C=O) groups is 1. The fourth-order valence-corrected chi connectivity index (χ4v) is 1.81. The predicted octanol–water partition coefficient (Wildman–Crippen LogP) is 3.14. The highest BCUT2D eigenvalue weighted by atomic mass is 79.9. The molecule has 1 amide bonds. The maximum Gasteiger partial charge on any atom is 0.272 e. The molecule has 0 unspecified atom stereocenters. The number of hydrogen-bond acceptors (Lipinski definition) is 4. The van der Waals surface area contributed by atoms with Crippen LogP contribution in [0.25, 0.3) is 0 Å². The van der Waals surface area contributed by atoms with Gasteiger partial charge in [0.05, 0.1) is 22.2 Å². The maximum absolute atomic E-state index is 13.6. The number of rotatable bonds is 3. The van der Waals surface area contributed by atoms with E-state index in [0.29, 0.717) is 4.47 Å². The molecule has 0 atom stereocenters. The lowest BCUT2D eigenvalue weighted by Crippen LogP contribution is -2.13. The summed E-state index contributed by atoms with van der Waals surface area (Å²) in [6.07, 6.45) is 2.83. The third-order valence-corrected chi connectivity index (χ3v) is 2.81. The van der Waals surface area contributed by atoms with Gasteiger partial charge in [0, 0.05) is 22.9 Å². The highest BCUT2D eigenvalue weighted by Crippen LogP contribution is 2.21. The van der Waals surface area contributed by atoms with E-state index in [4.69, 9.17) is 0 Å². The Bertz CT molecular complexity index is 693. The standard InChI is InChI=1S/C12H7BrFN3O3/c13-8-3-7(5-15-6-8)12(18)16-11-2-1-9(17(19)20)4-10(11)14/h1-6H,(H,16,18). The van der Waals surface area contributed by atoms with Crippen molar-refractivity contribution in [2.24, 2.45) is 0 Å². The van der Waals surface area contributed by atoms with Crippen molar-refractivity contribution in [3.8, 4) is 0 Å². The number of pyridine rings is 1. The summed E-state index contributed by atoms with van der Waals surface area (Å²) in [6.45, 7) is 0. The number of aromatic nitrogens is 1. The van der Waals surface area contributed by atoms with E-state index in [-0.39, 0.29) is 16.9 Å². The number of nitrogens with zero attached hydrogens (tertiary/aromatic N) is 2. The zero-order valence-electron chi connectivity index (χ0n) is 9.84. The number of amides is 1. The molecule has 1 heterocycles. The second kappa shape index (κ2) is 5.74. The third-order valence-electron chi connectivity index (χ3n) is 2.38. The van der Waals surface area contributed by atoms with Gasteiger partial charge < -0.3 is 5.32 Å².